The minimum atomic E-state index is -0.115. The zero-order valence-electron chi connectivity index (χ0n) is 13.5. The molecule has 2 rings (SSSR count). The molecule has 3 N–H and O–H groups in total. The number of amides is 1. The van der Waals surface area contributed by atoms with Gasteiger partial charge in [-0.15, -0.1) is 12.4 Å². The van der Waals surface area contributed by atoms with Gasteiger partial charge in [-0.25, -0.2) is 0 Å². The number of carbonyl (C=O) groups excluding carboxylic acids is 1. The second kappa shape index (κ2) is 9.18. The molecule has 4 nitrogen and oxygen atoms in total. The van der Waals surface area contributed by atoms with Crippen molar-refractivity contribution in [3.05, 3.63) is 64.7 Å². The molecule has 0 bridgehead atoms. The summed E-state index contributed by atoms with van der Waals surface area (Å²) in [6, 6.07) is 13.3. The normalized spacial score (nSPS) is 10.0. The van der Waals surface area contributed by atoms with Gasteiger partial charge in [0.25, 0.3) is 5.91 Å². The second-order valence-electron chi connectivity index (χ2n) is 5.16. The average molecular weight is 335 g/mol. The lowest BCUT2D eigenvalue weighted by Gasteiger charge is -2.12. The van der Waals surface area contributed by atoms with Gasteiger partial charge < -0.3 is 15.8 Å². The highest BCUT2D eigenvalue weighted by atomic mass is 35.5. The first kappa shape index (κ1) is 19.0. The van der Waals surface area contributed by atoms with Crippen molar-refractivity contribution in [3.8, 4) is 0 Å². The van der Waals surface area contributed by atoms with Gasteiger partial charge in [-0.05, 0) is 42.7 Å². The third-order valence-corrected chi connectivity index (χ3v) is 3.53. The maximum absolute atomic E-state index is 12.3. The molecule has 0 fully saturated rings. The Morgan fingerprint density at radius 2 is 1.87 bits per heavy atom. The van der Waals surface area contributed by atoms with E-state index in [0.29, 0.717) is 31.0 Å². The van der Waals surface area contributed by atoms with Gasteiger partial charge in [0.05, 0.1) is 6.61 Å². The average Bonchev–Trinajstić information content (AvgIpc) is 2.53. The van der Waals surface area contributed by atoms with Crippen molar-refractivity contribution in [3.63, 3.8) is 0 Å². The first-order chi connectivity index (χ1) is 10.6. The molecule has 2 aromatic carbocycles. The Labute approximate surface area is 143 Å². The molecular weight excluding hydrogens is 312 g/mol. The predicted molar refractivity (Wildman–Crippen MR) is 95.8 cm³/mol. The third-order valence-electron chi connectivity index (χ3n) is 3.53. The molecule has 0 atom stereocenters. The van der Waals surface area contributed by atoms with Crippen LogP contribution in [-0.4, -0.2) is 12.5 Å². The first-order valence-corrected chi connectivity index (χ1v) is 7.40. The van der Waals surface area contributed by atoms with E-state index in [-0.39, 0.29) is 18.3 Å². The van der Waals surface area contributed by atoms with Crippen LogP contribution < -0.4 is 11.1 Å². The van der Waals surface area contributed by atoms with Gasteiger partial charge in [-0.2, -0.15) is 0 Å². The van der Waals surface area contributed by atoms with Gasteiger partial charge in [-0.3, -0.25) is 4.79 Å². The SMILES string of the molecule is CCOCc1ccccc1CNC(=O)c1cc(N)ccc1C.Cl. The number of anilines is 1. The molecular formula is C18H23ClN2O2. The van der Waals surface area contributed by atoms with Crippen LogP contribution in [0, 0.1) is 6.92 Å². The quantitative estimate of drug-likeness (QED) is 0.795. The van der Waals surface area contributed by atoms with Crippen LogP contribution in [0.25, 0.3) is 0 Å². The van der Waals surface area contributed by atoms with Crippen LogP contribution in [0.2, 0.25) is 0 Å². The topological polar surface area (TPSA) is 64.3 Å². The van der Waals surface area contributed by atoms with Crippen LogP contribution in [0.4, 0.5) is 5.69 Å². The van der Waals surface area contributed by atoms with Crippen molar-refractivity contribution in [2.45, 2.75) is 27.0 Å². The fraction of sp³-hybridized carbons (Fsp3) is 0.278. The molecule has 0 saturated carbocycles. The molecule has 23 heavy (non-hydrogen) atoms. The molecule has 1 amide bonds. The Kier molecular flexibility index (Phi) is 7.59. The molecule has 0 aromatic heterocycles. The Morgan fingerprint density at radius 1 is 1.17 bits per heavy atom. The number of aryl methyl sites for hydroxylation is 1. The highest BCUT2D eigenvalue weighted by Crippen LogP contribution is 2.14. The molecule has 0 aliphatic carbocycles. The lowest BCUT2D eigenvalue weighted by Crippen LogP contribution is -2.24. The number of rotatable bonds is 6. The number of ether oxygens (including phenoxy) is 1. The summed E-state index contributed by atoms with van der Waals surface area (Å²) in [4.78, 5) is 12.3. The maximum atomic E-state index is 12.3. The number of hydrogen-bond acceptors (Lipinski definition) is 3. The van der Waals surface area contributed by atoms with Crippen LogP contribution in [0.5, 0.6) is 0 Å². The number of hydrogen-bond donors (Lipinski definition) is 2. The molecule has 0 heterocycles. The molecule has 0 spiro atoms. The van der Waals surface area contributed by atoms with E-state index in [0.717, 1.165) is 16.7 Å². The van der Waals surface area contributed by atoms with E-state index in [1.807, 2.05) is 44.2 Å². The minimum absolute atomic E-state index is 0. The standard InChI is InChI=1S/C18H22N2O2.ClH/c1-3-22-12-15-7-5-4-6-14(15)11-20-18(21)17-10-16(19)9-8-13(17)2;/h4-10H,3,11-12,19H2,1-2H3,(H,20,21);1H. The number of halogens is 1. The highest BCUT2D eigenvalue weighted by molar-refractivity contribution is 5.96. The molecule has 0 unspecified atom stereocenters. The molecule has 0 saturated heterocycles. The number of benzene rings is 2. The van der Waals surface area contributed by atoms with Gasteiger partial charge in [0.15, 0.2) is 0 Å². The Morgan fingerprint density at radius 3 is 2.57 bits per heavy atom. The molecule has 2 aromatic rings. The summed E-state index contributed by atoms with van der Waals surface area (Å²) in [5.74, 6) is -0.115. The monoisotopic (exact) mass is 334 g/mol. The summed E-state index contributed by atoms with van der Waals surface area (Å²) in [5.41, 5.74) is 10.0. The van der Waals surface area contributed by atoms with E-state index in [2.05, 4.69) is 5.32 Å². The van der Waals surface area contributed by atoms with Gasteiger partial charge >= 0.3 is 0 Å². The number of nitrogen functional groups attached to an aromatic ring is 1. The van der Waals surface area contributed by atoms with Crippen LogP contribution in [0.15, 0.2) is 42.5 Å². The molecule has 0 aliphatic rings. The summed E-state index contributed by atoms with van der Waals surface area (Å²) in [5, 5.41) is 2.95. The largest absolute Gasteiger partial charge is 0.399 e. The highest BCUT2D eigenvalue weighted by Gasteiger charge is 2.10. The molecule has 5 heteroatoms. The Bertz CT molecular complexity index is 659. The summed E-state index contributed by atoms with van der Waals surface area (Å²) < 4.78 is 5.46. The fourth-order valence-corrected chi connectivity index (χ4v) is 2.24. The maximum Gasteiger partial charge on any atom is 0.251 e. The smallest absolute Gasteiger partial charge is 0.251 e. The van der Waals surface area contributed by atoms with Crippen molar-refractivity contribution in [1.29, 1.82) is 0 Å². The number of nitrogens with two attached hydrogens (primary N) is 1. The second-order valence-corrected chi connectivity index (χ2v) is 5.16. The van der Waals surface area contributed by atoms with Crippen LogP contribution >= 0.6 is 12.4 Å². The van der Waals surface area contributed by atoms with E-state index < -0.39 is 0 Å². The Hall–Kier alpha value is -2.04. The summed E-state index contributed by atoms with van der Waals surface area (Å²) in [6.07, 6.45) is 0. The lowest BCUT2D eigenvalue weighted by atomic mass is 10.1. The van der Waals surface area contributed by atoms with Crippen LogP contribution in [0.3, 0.4) is 0 Å². The Balaban J connectivity index is 0.00000264. The number of nitrogens with one attached hydrogen (secondary N) is 1. The molecule has 0 aliphatic heterocycles. The van der Waals surface area contributed by atoms with Gasteiger partial charge in [0, 0.05) is 24.4 Å². The molecule has 124 valence electrons. The predicted octanol–water partition coefficient (Wildman–Crippen LogP) is 3.47. The van der Waals surface area contributed by atoms with Crippen LogP contribution in [-0.2, 0) is 17.9 Å². The molecule has 0 radical (unpaired) electrons. The van der Waals surface area contributed by atoms with E-state index in [1.165, 1.54) is 0 Å². The minimum Gasteiger partial charge on any atom is -0.399 e. The van der Waals surface area contributed by atoms with E-state index in [4.69, 9.17) is 10.5 Å². The summed E-state index contributed by atoms with van der Waals surface area (Å²) >= 11 is 0. The van der Waals surface area contributed by atoms with Gasteiger partial charge in [0.1, 0.15) is 0 Å². The van der Waals surface area contributed by atoms with Crippen LogP contribution in [0.1, 0.15) is 34.0 Å². The zero-order valence-corrected chi connectivity index (χ0v) is 14.3. The van der Waals surface area contributed by atoms with Gasteiger partial charge in [-0.1, -0.05) is 30.3 Å². The van der Waals surface area contributed by atoms with Crippen molar-refractivity contribution in [2.24, 2.45) is 0 Å². The fourth-order valence-electron chi connectivity index (χ4n) is 2.24. The van der Waals surface area contributed by atoms with Crippen molar-refractivity contribution in [1.82, 2.24) is 5.32 Å². The first-order valence-electron chi connectivity index (χ1n) is 7.40. The third kappa shape index (κ3) is 5.27. The van der Waals surface area contributed by atoms with E-state index in [1.54, 1.807) is 12.1 Å². The van der Waals surface area contributed by atoms with Crippen molar-refractivity contribution in [2.75, 3.05) is 12.3 Å². The van der Waals surface area contributed by atoms with E-state index >= 15 is 0 Å². The van der Waals surface area contributed by atoms with E-state index in [9.17, 15) is 4.79 Å². The summed E-state index contributed by atoms with van der Waals surface area (Å²) in [6.45, 7) is 5.56. The summed E-state index contributed by atoms with van der Waals surface area (Å²) in [7, 11) is 0. The lowest BCUT2D eigenvalue weighted by molar-refractivity contribution is 0.0949. The van der Waals surface area contributed by atoms with Crippen molar-refractivity contribution >= 4 is 24.0 Å². The van der Waals surface area contributed by atoms with Crippen molar-refractivity contribution < 1.29 is 9.53 Å². The zero-order chi connectivity index (χ0) is 15.9. The van der Waals surface area contributed by atoms with Gasteiger partial charge in [0.2, 0.25) is 0 Å². The number of carbonyl (C=O) groups is 1.